The van der Waals surface area contributed by atoms with E-state index in [9.17, 15) is 10.1 Å². The second-order valence-electron chi connectivity index (χ2n) is 5.94. The highest BCUT2D eigenvalue weighted by molar-refractivity contribution is 6.30. The molecule has 0 spiro atoms. The van der Waals surface area contributed by atoms with Crippen molar-refractivity contribution in [3.8, 4) is 0 Å². The average molecular weight is 269 g/mol. The minimum atomic E-state index is -0.406. The standard InChI is InChI=1S/C13H17ClN2O2/c1-12(2)11(13(12,3)4)15-9-6-5-8(14)7-10(9)16(17)18/h5-7,11,15H,1-4H3. The topological polar surface area (TPSA) is 55.2 Å². The molecule has 0 amide bonds. The Bertz CT molecular complexity index is 498. The van der Waals surface area contributed by atoms with E-state index >= 15 is 0 Å². The maximum atomic E-state index is 11.0. The molecule has 0 radical (unpaired) electrons. The van der Waals surface area contributed by atoms with Crippen LogP contribution in [0.1, 0.15) is 27.7 Å². The van der Waals surface area contributed by atoms with Crippen molar-refractivity contribution in [2.75, 3.05) is 5.32 Å². The van der Waals surface area contributed by atoms with Gasteiger partial charge in [-0.15, -0.1) is 0 Å². The van der Waals surface area contributed by atoms with Gasteiger partial charge in [0.25, 0.3) is 5.69 Å². The summed E-state index contributed by atoms with van der Waals surface area (Å²) in [6.45, 7) is 8.64. The molecule has 1 aliphatic carbocycles. The van der Waals surface area contributed by atoms with Crippen LogP contribution in [0.25, 0.3) is 0 Å². The van der Waals surface area contributed by atoms with Crippen LogP contribution in [0.3, 0.4) is 0 Å². The van der Waals surface area contributed by atoms with Crippen molar-refractivity contribution in [3.05, 3.63) is 33.3 Å². The summed E-state index contributed by atoms with van der Waals surface area (Å²) in [4.78, 5) is 10.6. The molecule has 1 aliphatic rings. The number of nitrogens with zero attached hydrogens (tertiary/aromatic N) is 1. The van der Waals surface area contributed by atoms with Crippen molar-refractivity contribution in [2.24, 2.45) is 10.8 Å². The van der Waals surface area contributed by atoms with E-state index in [-0.39, 0.29) is 22.6 Å². The van der Waals surface area contributed by atoms with Crippen molar-refractivity contribution >= 4 is 23.0 Å². The Morgan fingerprint density at radius 1 is 1.28 bits per heavy atom. The summed E-state index contributed by atoms with van der Waals surface area (Å²) in [6.07, 6.45) is 0. The number of anilines is 1. The number of hydrogen-bond acceptors (Lipinski definition) is 3. The fourth-order valence-corrected chi connectivity index (χ4v) is 2.66. The van der Waals surface area contributed by atoms with Gasteiger partial charge >= 0.3 is 0 Å². The van der Waals surface area contributed by atoms with Gasteiger partial charge in [0.1, 0.15) is 5.69 Å². The lowest BCUT2D eigenvalue weighted by Crippen LogP contribution is -2.11. The molecule has 0 bridgehead atoms. The lowest BCUT2D eigenvalue weighted by molar-refractivity contribution is -0.384. The van der Waals surface area contributed by atoms with E-state index in [0.717, 1.165) is 0 Å². The highest BCUT2D eigenvalue weighted by atomic mass is 35.5. The molecule has 0 saturated heterocycles. The van der Waals surface area contributed by atoms with E-state index < -0.39 is 4.92 Å². The van der Waals surface area contributed by atoms with Crippen molar-refractivity contribution in [1.82, 2.24) is 0 Å². The lowest BCUT2D eigenvalue weighted by Gasteiger charge is -2.09. The smallest absolute Gasteiger partial charge is 0.293 e. The first-order valence-electron chi connectivity index (χ1n) is 5.88. The number of nitro benzene ring substituents is 1. The quantitative estimate of drug-likeness (QED) is 0.663. The monoisotopic (exact) mass is 268 g/mol. The first-order valence-corrected chi connectivity index (χ1v) is 6.26. The molecule has 5 heteroatoms. The average Bonchev–Trinajstić information content (AvgIpc) is 2.62. The fraction of sp³-hybridized carbons (Fsp3) is 0.538. The molecule has 0 atom stereocenters. The van der Waals surface area contributed by atoms with Crippen molar-refractivity contribution in [2.45, 2.75) is 33.7 Å². The molecular formula is C13H17ClN2O2. The van der Waals surface area contributed by atoms with Gasteiger partial charge in [-0.2, -0.15) is 0 Å². The molecule has 2 rings (SSSR count). The highest BCUT2D eigenvalue weighted by Gasteiger charge is 2.65. The van der Waals surface area contributed by atoms with E-state index in [1.165, 1.54) is 6.07 Å². The van der Waals surface area contributed by atoms with E-state index in [0.29, 0.717) is 10.7 Å². The minimum absolute atomic E-state index is 0.0287. The van der Waals surface area contributed by atoms with Gasteiger partial charge in [0.2, 0.25) is 0 Å². The molecule has 18 heavy (non-hydrogen) atoms. The maximum Gasteiger partial charge on any atom is 0.293 e. The third kappa shape index (κ3) is 1.85. The molecule has 1 saturated carbocycles. The second kappa shape index (κ2) is 3.85. The highest BCUT2D eigenvalue weighted by Crippen LogP contribution is 2.64. The first-order chi connectivity index (χ1) is 8.18. The molecule has 0 heterocycles. The number of nitrogens with one attached hydrogen (secondary N) is 1. The predicted molar refractivity (Wildman–Crippen MR) is 73.1 cm³/mol. The summed E-state index contributed by atoms with van der Waals surface area (Å²) in [5.41, 5.74) is 0.815. The Hall–Kier alpha value is -1.29. The second-order valence-corrected chi connectivity index (χ2v) is 6.38. The van der Waals surface area contributed by atoms with E-state index in [1.54, 1.807) is 12.1 Å². The maximum absolute atomic E-state index is 11.0. The SMILES string of the molecule is CC1(C)C(Nc2ccc(Cl)cc2[N+](=O)[O-])C1(C)C. The summed E-state index contributed by atoms with van der Waals surface area (Å²) in [7, 11) is 0. The molecule has 1 fully saturated rings. The van der Waals surface area contributed by atoms with Gasteiger partial charge in [0.15, 0.2) is 0 Å². The summed E-state index contributed by atoms with van der Waals surface area (Å²) in [5.74, 6) is 0. The van der Waals surface area contributed by atoms with Gasteiger partial charge in [-0.05, 0) is 23.0 Å². The molecule has 1 aromatic rings. The molecule has 1 N–H and O–H groups in total. The molecule has 98 valence electrons. The Morgan fingerprint density at radius 3 is 2.28 bits per heavy atom. The summed E-state index contributed by atoms with van der Waals surface area (Å²) < 4.78 is 0. The van der Waals surface area contributed by atoms with Crippen LogP contribution < -0.4 is 5.32 Å². The number of nitro groups is 1. The third-order valence-electron chi connectivity index (χ3n) is 4.48. The Morgan fingerprint density at radius 2 is 1.83 bits per heavy atom. The molecule has 0 unspecified atom stereocenters. The van der Waals surface area contributed by atoms with Crippen LogP contribution in [0.5, 0.6) is 0 Å². The zero-order valence-corrected chi connectivity index (χ0v) is 11.7. The van der Waals surface area contributed by atoms with Crippen LogP contribution in [-0.4, -0.2) is 11.0 Å². The molecule has 0 aromatic heterocycles. The number of rotatable bonds is 3. The van der Waals surface area contributed by atoms with Crippen LogP contribution in [0.15, 0.2) is 18.2 Å². The van der Waals surface area contributed by atoms with Crippen LogP contribution in [-0.2, 0) is 0 Å². The van der Waals surface area contributed by atoms with Crippen molar-refractivity contribution in [3.63, 3.8) is 0 Å². The van der Waals surface area contributed by atoms with Crippen LogP contribution in [0.4, 0.5) is 11.4 Å². The van der Waals surface area contributed by atoms with Crippen LogP contribution >= 0.6 is 11.6 Å². The lowest BCUT2D eigenvalue weighted by atomic mass is 10.0. The zero-order valence-electron chi connectivity index (χ0n) is 11.0. The summed E-state index contributed by atoms with van der Waals surface area (Å²) >= 11 is 5.79. The molecule has 4 nitrogen and oxygen atoms in total. The van der Waals surface area contributed by atoms with Crippen molar-refractivity contribution < 1.29 is 4.92 Å². The molecule has 0 aliphatic heterocycles. The minimum Gasteiger partial charge on any atom is -0.376 e. The predicted octanol–water partition coefficient (Wildman–Crippen LogP) is 4.09. The Labute approximate surface area is 111 Å². The van der Waals surface area contributed by atoms with Crippen LogP contribution in [0, 0.1) is 20.9 Å². The number of benzene rings is 1. The van der Waals surface area contributed by atoms with Crippen LogP contribution in [0.2, 0.25) is 5.02 Å². The van der Waals surface area contributed by atoms with Gasteiger partial charge < -0.3 is 5.32 Å². The summed E-state index contributed by atoms with van der Waals surface area (Å²) in [6, 6.07) is 4.95. The zero-order chi connectivity index (χ0) is 13.7. The largest absolute Gasteiger partial charge is 0.376 e. The van der Waals surface area contributed by atoms with Gasteiger partial charge in [-0.25, -0.2) is 0 Å². The third-order valence-corrected chi connectivity index (χ3v) is 4.71. The normalized spacial score (nSPS) is 20.5. The molecule has 1 aromatic carbocycles. The molecular weight excluding hydrogens is 252 g/mol. The van der Waals surface area contributed by atoms with Crippen molar-refractivity contribution in [1.29, 1.82) is 0 Å². The van der Waals surface area contributed by atoms with Gasteiger partial charge in [0, 0.05) is 17.1 Å². The van der Waals surface area contributed by atoms with E-state index in [1.807, 2.05) is 0 Å². The van der Waals surface area contributed by atoms with Gasteiger partial charge in [-0.1, -0.05) is 39.3 Å². The number of hydrogen-bond donors (Lipinski definition) is 1. The Kier molecular flexibility index (Phi) is 2.81. The first kappa shape index (κ1) is 13.1. The fourth-order valence-electron chi connectivity index (χ4n) is 2.49. The van der Waals surface area contributed by atoms with E-state index in [2.05, 4.69) is 33.0 Å². The Balaban J connectivity index is 2.29. The van der Waals surface area contributed by atoms with E-state index in [4.69, 9.17) is 11.6 Å². The van der Waals surface area contributed by atoms with Gasteiger partial charge in [0.05, 0.1) is 4.92 Å². The summed E-state index contributed by atoms with van der Waals surface area (Å²) in [5, 5.41) is 14.7. The number of halogens is 1. The van der Waals surface area contributed by atoms with Gasteiger partial charge in [-0.3, -0.25) is 10.1 Å².